The number of morpholine rings is 1. The first-order chi connectivity index (χ1) is 20.2. The van der Waals surface area contributed by atoms with Crippen molar-refractivity contribution in [2.75, 3.05) is 108 Å². The van der Waals surface area contributed by atoms with Crippen LogP contribution in [-0.4, -0.2) is 118 Å². The fourth-order valence-electron chi connectivity index (χ4n) is 5.61. The fourth-order valence-corrected chi connectivity index (χ4v) is 5.61. The SMILES string of the molecule is Nc1cc(N2CCN(CCN3CCOCC3)CC2)nc(NCc2ccc(CNCCCNC3CCOCC3)cc2)n1. The third-order valence-corrected chi connectivity index (χ3v) is 8.25. The van der Waals surface area contributed by atoms with Gasteiger partial charge in [-0.25, -0.2) is 0 Å². The summed E-state index contributed by atoms with van der Waals surface area (Å²) in [6.07, 6.45) is 3.40. The number of nitrogens with zero attached hydrogens (tertiary/aromatic N) is 5. The van der Waals surface area contributed by atoms with Crippen molar-refractivity contribution in [1.29, 1.82) is 0 Å². The highest BCUT2D eigenvalue weighted by Crippen LogP contribution is 2.19. The Labute approximate surface area is 245 Å². The van der Waals surface area contributed by atoms with Crippen LogP contribution in [0.15, 0.2) is 30.3 Å². The summed E-state index contributed by atoms with van der Waals surface area (Å²) in [6.45, 7) is 15.4. The molecule has 0 bridgehead atoms. The maximum atomic E-state index is 6.17. The van der Waals surface area contributed by atoms with Gasteiger partial charge in [-0.3, -0.25) is 9.80 Å². The van der Waals surface area contributed by atoms with Crippen molar-refractivity contribution in [3.63, 3.8) is 0 Å². The van der Waals surface area contributed by atoms with E-state index in [-0.39, 0.29) is 0 Å². The molecule has 1 aromatic heterocycles. The lowest BCUT2D eigenvalue weighted by atomic mass is 10.1. The second-order valence-corrected chi connectivity index (χ2v) is 11.3. The van der Waals surface area contributed by atoms with Crippen molar-refractivity contribution in [2.24, 2.45) is 0 Å². The number of piperazine rings is 1. The van der Waals surface area contributed by atoms with Crippen molar-refractivity contribution >= 4 is 17.6 Å². The first-order valence-corrected chi connectivity index (χ1v) is 15.5. The Morgan fingerprint density at radius 1 is 0.780 bits per heavy atom. The molecule has 226 valence electrons. The van der Waals surface area contributed by atoms with E-state index in [4.69, 9.17) is 20.2 Å². The number of nitrogens with one attached hydrogen (secondary N) is 3. The van der Waals surface area contributed by atoms with E-state index in [1.165, 1.54) is 11.1 Å². The smallest absolute Gasteiger partial charge is 0.226 e. The molecule has 0 spiro atoms. The minimum atomic E-state index is 0.497. The first-order valence-electron chi connectivity index (χ1n) is 15.5. The number of rotatable bonds is 14. The molecule has 3 saturated heterocycles. The molecule has 3 aliphatic heterocycles. The molecule has 0 atom stereocenters. The summed E-state index contributed by atoms with van der Waals surface area (Å²) in [5.41, 5.74) is 8.65. The summed E-state index contributed by atoms with van der Waals surface area (Å²) in [4.78, 5) is 16.6. The van der Waals surface area contributed by atoms with E-state index >= 15 is 0 Å². The number of aromatic nitrogens is 2. The minimum absolute atomic E-state index is 0.497. The molecule has 11 heteroatoms. The normalized spacial score (nSPS) is 19.5. The summed E-state index contributed by atoms with van der Waals surface area (Å²) >= 11 is 0. The predicted octanol–water partition coefficient (Wildman–Crippen LogP) is 1.37. The Hall–Kier alpha value is -2.54. The zero-order valence-electron chi connectivity index (χ0n) is 24.5. The summed E-state index contributed by atoms with van der Waals surface area (Å²) in [6, 6.07) is 11.2. The van der Waals surface area contributed by atoms with E-state index in [0.29, 0.717) is 24.4 Å². The van der Waals surface area contributed by atoms with Gasteiger partial charge in [-0.2, -0.15) is 9.97 Å². The molecular weight excluding hydrogens is 518 g/mol. The van der Waals surface area contributed by atoms with Crippen LogP contribution in [0.4, 0.5) is 17.6 Å². The standard InChI is InChI=1S/C30H49N9O2/c31-28-22-29(39-14-12-37(13-15-39)10-11-38-16-20-41-21-17-38)36-30(35-28)34-24-26-4-2-25(3-5-26)23-32-8-1-9-33-27-6-18-40-19-7-27/h2-5,22,27,32-33H,1,6-21,23-24H2,(H3,31,34,35,36). The van der Waals surface area contributed by atoms with Crippen LogP contribution in [-0.2, 0) is 22.6 Å². The maximum Gasteiger partial charge on any atom is 0.226 e. The molecule has 4 heterocycles. The summed E-state index contributed by atoms with van der Waals surface area (Å²) in [5.74, 6) is 1.98. The number of hydrogen-bond donors (Lipinski definition) is 4. The van der Waals surface area contributed by atoms with E-state index < -0.39 is 0 Å². The molecule has 0 saturated carbocycles. The van der Waals surface area contributed by atoms with E-state index in [1.54, 1.807) is 0 Å². The Bertz CT molecular complexity index is 1020. The lowest BCUT2D eigenvalue weighted by molar-refractivity contribution is 0.0331. The quantitative estimate of drug-likeness (QED) is 0.248. The summed E-state index contributed by atoms with van der Waals surface area (Å²) < 4.78 is 10.9. The fraction of sp³-hybridized carbons (Fsp3) is 0.667. The van der Waals surface area contributed by atoms with Crippen molar-refractivity contribution in [1.82, 2.24) is 30.4 Å². The molecule has 0 amide bonds. The molecular formula is C30H49N9O2. The number of ether oxygens (including phenoxy) is 2. The molecule has 0 aliphatic carbocycles. The number of hydrogen-bond acceptors (Lipinski definition) is 11. The van der Waals surface area contributed by atoms with Gasteiger partial charge in [-0.05, 0) is 43.5 Å². The molecule has 5 rings (SSSR count). The van der Waals surface area contributed by atoms with Gasteiger partial charge in [-0.1, -0.05) is 24.3 Å². The molecule has 5 N–H and O–H groups in total. The summed E-state index contributed by atoms with van der Waals surface area (Å²) in [5, 5.41) is 10.6. The molecule has 0 unspecified atom stereocenters. The number of nitrogen functional groups attached to an aromatic ring is 1. The number of anilines is 3. The minimum Gasteiger partial charge on any atom is -0.383 e. The first kappa shape index (κ1) is 29.9. The van der Waals surface area contributed by atoms with Crippen molar-refractivity contribution in [3.05, 3.63) is 41.5 Å². The average Bonchev–Trinajstić information content (AvgIpc) is 3.02. The third kappa shape index (κ3) is 10.1. The summed E-state index contributed by atoms with van der Waals surface area (Å²) in [7, 11) is 0. The number of nitrogens with two attached hydrogens (primary N) is 1. The van der Waals surface area contributed by atoms with Crippen LogP contribution in [0.1, 0.15) is 30.4 Å². The van der Waals surface area contributed by atoms with E-state index in [0.717, 1.165) is 124 Å². The van der Waals surface area contributed by atoms with Gasteiger partial charge in [0.05, 0.1) is 13.2 Å². The van der Waals surface area contributed by atoms with E-state index in [1.807, 2.05) is 6.07 Å². The molecule has 0 radical (unpaired) electrons. The molecule has 11 nitrogen and oxygen atoms in total. The zero-order valence-corrected chi connectivity index (χ0v) is 24.5. The zero-order chi connectivity index (χ0) is 28.1. The van der Waals surface area contributed by atoms with Gasteiger partial charge in [-0.15, -0.1) is 0 Å². The van der Waals surface area contributed by atoms with Crippen LogP contribution in [0.3, 0.4) is 0 Å². The molecule has 41 heavy (non-hydrogen) atoms. The predicted molar refractivity (Wildman–Crippen MR) is 164 cm³/mol. The van der Waals surface area contributed by atoms with Gasteiger partial charge >= 0.3 is 0 Å². The van der Waals surface area contributed by atoms with Gasteiger partial charge in [0, 0.05) is 90.8 Å². The largest absolute Gasteiger partial charge is 0.383 e. The van der Waals surface area contributed by atoms with Crippen LogP contribution in [0, 0.1) is 0 Å². The second-order valence-electron chi connectivity index (χ2n) is 11.3. The lowest BCUT2D eigenvalue weighted by Crippen LogP contribution is -2.49. The van der Waals surface area contributed by atoms with Gasteiger partial charge in [0.1, 0.15) is 11.6 Å². The Morgan fingerprint density at radius 3 is 2.17 bits per heavy atom. The van der Waals surface area contributed by atoms with Crippen LogP contribution in [0.25, 0.3) is 0 Å². The van der Waals surface area contributed by atoms with Crippen LogP contribution in [0.2, 0.25) is 0 Å². The molecule has 1 aromatic carbocycles. The monoisotopic (exact) mass is 567 g/mol. The van der Waals surface area contributed by atoms with Gasteiger partial charge < -0.3 is 36.1 Å². The Kier molecular flexibility index (Phi) is 11.8. The van der Waals surface area contributed by atoms with Crippen molar-refractivity contribution < 1.29 is 9.47 Å². The van der Waals surface area contributed by atoms with Crippen LogP contribution >= 0.6 is 0 Å². The van der Waals surface area contributed by atoms with Gasteiger partial charge in [0.25, 0.3) is 0 Å². The van der Waals surface area contributed by atoms with Gasteiger partial charge in [0.15, 0.2) is 0 Å². The molecule has 3 fully saturated rings. The van der Waals surface area contributed by atoms with Crippen molar-refractivity contribution in [3.8, 4) is 0 Å². The van der Waals surface area contributed by atoms with Crippen LogP contribution < -0.4 is 26.6 Å². The second kappa shape index (κ2) is 16.2. The Balaban J connectivity index is 0.991. The van der Waals surface area contributed by atoms with E-state index in [2.05, 4.69) is 59.9 Å². The maximum absolute atomic E-state index is 6.17. The van der Waals surface area contributed by atoms with Gasteiger partial charge in [0.2, 0.25) is 5.95 Å². The highest BCUT2D eigenvalue weighted by atomic mass is 16.5. The van der Waals surface area contributed by atoms with E-state index in [9.17, 15) is 0 Å². The van der Waals surface area contributed by atoms with Crippen LogP contribution in [0.5, 0.6) is 0 Å². The topological polar surface area (TPSA) is 116 Å². The highest BCUT2D eigenvalue weighted by Gasteiger charge is 2.20. The lowest BCUT2D eigenvalue weighted by Gasteiger charge is -2.37. The number of benzene rings is 1. The third-order valence-electron chi connectivity index (χ3n) is 8.25. The van der Waals surface area contributed by atoms with Crippen molar-refractivity contribution in [2.45, 2.75) is 38.4 Å². The Morgan fingerprint density at radius 2 is 1.44 bits per heavy atom. The molecule has 2 aromatic rings. The highest BCUT2D eigenvalue weighted by molar-refractivity contribution is 5.52. The molecule has 3 aliphatic rings. The average molecular weight is 568 g/mol.